The number of nitriles is 1. The number of ether oxygens (including phenoxy) is 1. The molecule has 0 saturated heterocycles. The number of nitrogens with one attached hydrogen (secondary N) is 1. The van der Waals surface area contributed by atoms with Gasteiger partial charge in [0.05, 0.1) is 0 Å². The van der Waals surface area contributed by atoms with E-state index in [1.54, 1.807) is 6.07 Å². The zero-order valence-corrected chi connectivity index (χ0v) is 10.2. The molecule has 0 aromatic heterocycles. The number of benzene rings is 1. The van der Waals surface area contributed by atoms with Crippen molar-refractivity contribution >= 4 is 15.9 Å². The Hall–Kier alpha value is -1.05. The normalized spacial score (nSPS) is 9.67. The maximum absolute atomic E-state index is 8.93. The molecule has 1 N–H and O–H groups in total. The Balaban J connectivity index is 2.61. The van der Waals surface area contributed by atoms with E-state index in [4.69, 9.17) is 10.00 Å². The van der Waals surface area contributed by atoms with Gasteiger partial charge in [-0.05, 0) is 34.6 Å². The summed E-state index contributed by atoms with van der Waals surface area (Å²) < 4.78 is 6.27. The zero-order valence-electron chi connectivity index (χ0n) is 8.59. The number of halogens is 1. The maximum atomic E-state index is 8.93. The van der Waals surface area contributed by atoms with Gasteiger partial charge in [-0.1, -0.05) is 13.0 Å². The first kappa shape index (κ1) is 12.0. The Morgan fingerprint density at radius 1 is 1.53 bits per heavy atom. The molecule has 0 heterocycles. The van der Waals surface area contributed by atoms with E-state index >= 15 is 0 Å². The molecule has 0 amide bonds. The highest BCUT2D eigenvalue weighted by Gasteiger charge is 2.06. The molecule has 0 aliphatic rings. The third-order valence-corrected chi connectivity index (χ3v) is 2.53. The van der Waals surface area contributed by atoms with Crippen LogP contribution in [0.1, 0.15) is 12.5 Å². The molecule has 3 nitrogen and oxygen atoms in total. The zero-order chi connectivity index (χ0) is 11.1. The fourth-order valence-electron chi connectivity index (χ4n) is 1.14. The first-order chi connectivity index (χ1) is 7.29. The topological polar surface area (TPSA) is 45.0 Å². The highest BCUT2D eigenvalue weighted by atomic mass is 79.9. The predicted octanol–water partition coefficient (Wildman–Crippen LogP) is 2.31. The summed E-state index contributed by atoms with van der Waals surface area (Å²) in [7, 11) is 0. The van der Waals surface area contributed by atoms with Crippen molar-refractivity contribution in [2.75, 3.05) is 19.7 Å². The third-order valence-electron chi connectivity index (χ3n) is 1.87. The summed E-state index contributed by atoms with van der Waals surface area (Å²) >= 11 is 3.31. The SMILES string of the molecule is CCNCCOc1cccc(Br)c1C#N. The van der Waals surface area contributed by atoms with Crippen molar-refractivity contribution < 1.29 is 4.74 Å². The second kappa shape index (κ2) is 6.44. The molecule has 1 rings (SSSR count). The highest BCUT2D eigenvalue weighted by molar-refractivity contribution is 9.10. The van der Waals surface area contributed by atoms with E-state index in [-0.39, 0.29) is 0 Å². The quantitative estimate of drug-likeness (QED) is 0.834. The van der Waals surface area contributed by atoms with Crippen LogP contribution in [0.5, 0.6) is 5.75 Å². The molecular weight excluding hydrogens is 256 g/mol. The van der Waals surface area contributed by atoms with Gasteiger partial charge in [0.1, 0.15) is 24.0 Å². The second-order valence-electron chi connectivity index (χ2n) is 2.93. The van der Waals surface area contributed by atoms with E-state index in [1.165, 1.54) is 0 Å². The summed E-state index contributed by atoms with van der Waals surface area (Å²) in [5.74, 6) is 0.629. The van der Waals surface area contributed by atoms with Crippen LogP contribution in [0.2, 0.25) is 0 Å². The number of hydrogen-bond acceptors (Lipinski definition) is 3. The van der Waals surface area contributed by atoms with E-state index in [1.807, 2.05) is 19.1 Å². The van der Waals surface area contributed by atoms with Gasteiger partial charge >= 0.3 is 0 Å². The monoisotopic (exact) mass is 268 g/mol. The predicted molar refractivity (Wildman–Crippen MR) is 62.9 cm³/mol. The Bertz CT molecular complexity index is 360. The molecule has 4 heteroatoms. The van der Waals surface area contributed by atoms with E-state index in [0.29, 0.717) is 17.9 Å². The van der Waals surface area contributed by atoms with Crippen molar-refractivity contribution in [2.24, 2.45) is 0 Å². The van der Waals surface area contributed by atoms with E-state index in [9.17, 15) is 0 Å². The fraction of sp³-hybridized carbons (Fsp3) is 0.364. The molecule has 0 bridgehead atoms. The van der Waals surface area contributed by atoms with E-state index < -0.39 is 0 Å². The molecule has 1 aromatic rings. The van der Waals surface area contributed by atoms with Crippen LogP contribution >= 0.6 is 15.9 Å². The lowest BCUT2D eigenvalue weighted by Crippen LogP contribution is -2.20. The molecule has 0 atom stereocenters. The average molecular weight is 269 g/mol. The Kier molecular flexibility index (Phi) is 5.16. The Morgan fingerprint density at radius 2 is 2.33 bits per heavy atom. The lowest BCUT2D eigenvalue weighted by Gasteiger charge is -2.08. The molecule has 0 aliphatic heterocycles. The second-order valence-corrected chi connectivity index (χ2v) is 3.78. The number of likely N-dealkylation sites (N-methyl/N-ethyl adjacent to an activating group) is 1. The van der Waals surface area contributed by atoms with Gasteiger partial charge in [0.15, 0.2) is 0 Å². The van der Waals surface area contributed by atoms with Gasteiger partial charge in [0.25, 0.3) is 0 Å². The first-order valence-electron chi connectivity index (χ1n) is 4.81. The van der Waals surface area contributed by atoms with Crippen molar-refractivity contribution in [3.05, 3.63) is 28.2 Å². The minimum atomic E-state index is 0.550. The molecule has 0 aliphatic carbocycles. The molecule has 0 saturated carbocycles. The van der Waals surface area contributed by atoms with Gasteiger partial charge in [-0.3, -0.25) is 0 Å². The minimum Gasteiger partial charge on any atom is -0.491 e. The molecule has 15 heavy (non-hydrogen) atoms. The van der Waals surface area contributed by atoms with Gasteiger partial charge in [0.2, 0.25) is 0 Å². The lowest BCUT2D eigenvalue weighted by molar-refractivity contribution is 0.314. The molecule has 1 aromatic carbocycles. The smallest absolute Gasteiger partial charge is 0.138 e. The van der Waals surface area contributed by atoms with Crippen LogP contribution in [0.3, 0.4) is 0 Å². The fourth-order valence-corrected chi connectivity index (χ4v) is 1.58. The minimum absolute atomic E-state index is 0.550. The molecule has 0 fully saturated rings. The van der Waals surface area contributed by atoms with E-state index in [2.05, 4.69) is 27.3 Å². The summed E-state index contributed by atoms with van der Waals surface area (Å²) in [4.78, 5) is 0. The van der Waals surface area contributed by atoms with Gasteiger partial charge in [-0.25, -0.2) is 0 Å². The van der Waals surface area contributed by atoms with Gasteiger partial charge < -0.3 is 10.1 Å². The standard InChI is InChI=1S/C11H13BrN2O/c1-2-14-6-7-15-11-5-3-4-10(12)9(11)8-13/h3-5,14H,2,6-7H2,1H3. The van der Waals surface area contributed by atoms with Crippen molar-refractivity contribution in [1.82, 2.24) is 5.32 Å². The van der Waals surface area contributed by atoms with Crippen LogP contribution in [0.25, 0.3) is 0 Å². The largest absolute Gasteiger partial charge is 0.491 e. The Labute approximate surface area is 98.2 Å². The summed E-state index contributed by atoms with van der Waals surface area (Å²) in [5.41, 5.74) is 0.550. The van der Waals surface area contributed by atoms with Crippen LogP contribution in [0.15, 0.2) is 22.7 Å². The van der Waals surface area contributed by atoms with Crippen molar-refractivity contribution in [1.29, 1.82) is 5.26 Å². The van der Waals surface area contributed by atoms with Crippen LogP contribution in [-0.2, 0) is 0 Å². The first-order valence-corrected chi connectivity index (χ1v) is 5.61. The molecule has 80 valence electrons. The van der Waals surface area contributed by atoms with Gasteiger partial charge in [-0.2, -0.15) is 5.26 Å². The molecule has 0 unspecified atom stereocenters. The maximum Gasteiger partial charge on any atom is 0.138 e. The van der Waals surface area contributed by atoms with Crippen LogP contribution in [0, 0.1) is 11.3 Å². The van der Waals surface area contributed by atoms with Crippen molar-refractivity contribution in [2.45, 2.75) is 6.92 Å². The highest BCUT2D eigenvalue weighted by Crippen LogP contribution is 2.25. The van der Waals surface area contributed by atoms with Crippen molar-refractivity contribution in [3.63, 3.8) is 0 Å². The summed E-state index contributed by atoms with van der Waals surface area (Å²) in [5, 5.41) is 12.1. The number of rotatable bonds is 5. The van der Waals surface area contributed by atoms with E-state index in [0.717, 1.165) is 17.6 Å². The third kappa shape index (κ3) is 3.54. The summed E-state index contributed by atoms with van der Waals surface area (Å²) in [6.45, 7) is 4.32. The van der Waals surface area contributed by atoms with Gasteiger partial charge in [0, 0.05) is 11.0 Å². The number of hydrogen-bond donors (Lipinski definition) is 1. The molecular formula is C11H13BrN2O. The lowest BCUT2D eigenvalue weighted by atomic mass is 10.2. The summed E-state index contributed by atoms with van der Waals surface area (Å²) in [6, 6.07) is 7.60. The Morgan fingerprint density at radius 3 is 3.00 bits per heavy atom. The van der Waals surface area contributed by atoms with Crippen LogP contribution in [-0.4, -0.2) is 19.7 Å². The number of nitrogens with zero attached hydrogens (tertiary/aromatic N) is 1. The molecule has 0 radical (unpaired) electrons. The van der Waals surface area contributed by atoms with Gasteiger partial charge in [-0.15, -0.1) is 0 Å². The molecule has 0 spiro atoms. The average Bonchev–Trinajstić information content (AvgIpc) is 2.24. The summed E-state index contributed by atoms with van der Waals surface area (Å²) in [6.07, 6.45) is 0. The van der Waals surface area contributed by atoms with Crippen LogP contribution in [0.4, 0.5) is 0 Å². The van der Waals surface area contributed by atoms with Crippen molar-refractivity contribution in [3.8, 4) is 11.8 Å². The van der Waals surface area contributed by atoms with Crippen LogP contribution < -0.4 is 10.1 Å².